The average Bonchev–Trinajstić information content (AvgIpc) is 3.53. The van der Waals surface area contributed by atoms with Crippen molar-refractivity contribution in [3.05, 3.63) is 49.0 Å². The number of fused-ring (bicyclic) bond motifs is 1. The standard InChI is InChI=1S/C24H26N6O2S/c1-2-30-23(21-7-6-14-32-21)27-28-24(30)33-16-22(31)26-19-8-9-20(29-12-4-3-5-13-29)17-10-11-25-15-18(17)19/h6-11,14-15H,2-5,12-13,16H2,1H3,(H,26,31). The molecule has 0 aliphatic carbocycles. The van der Waals surface area contributed by atoms with Gasteiger partial charge in [0.05, 0.1) is 17.7 Å². The number of benzene rings is 1. The van der Waals surface area contributed by atoms with Crippen molar-refractivity contribution >= 4 is 39.8 Å². The average molecular weight is 463 g/mol. The van der Waals surface area contributed by atoms with Crippen molar-refractivity contribution in [2.24, 2.45) is 0 Å². The number of anilines is 2. The molecule has 1 aliphatic heterocycles. The van der Waals surface area contributed by atoms with Crippen molar-refractivity contribution in [3.8, 4) is 11.6 Å². The van der Waals surface area contributed by atoms with Crippen molar-refractivity contribution in [3.63, 3.8) is 0 Å². The Kier molecular flexibility index (Phi) is 6.30. The molecule has 0 atom stereocenters. The highest BCUT2D eigenvalue weighted by Gasteiger charge is 2.18. The fourth-order valence-electron chi connectivity index (χ4n) is 4.28. The van der Waals surface area contributed by atoms with E-state index >= 15 is 0 Å². The minimum Gasteiger partial charge on any atom is -0.461 e. The molecule has 0 unspecified atom stereocenters. The number of nitrogens with one attached hydrogen (secondary N) is 1. The van der Waals surface area contributed by atoms with Crippen molar-refractivity contribution in [1.82, 2.24) is 19.7 Å². The molecule has 8 nitrogen and oxygen atoms in total. The first-order valence-electron chi connectivity index (χ1n) is 11.3. The second kappa shape index (κ2) is 9.66. The minimum absolute atomic E-state index is 0.0962. The van der Waals surface area contributed by atoms with Gasteiger partial charge in [0.15, 0.2) is 16.7 Å². The smallest absolute Gasteiger partial charge is 0.234 e. The molecule has 3 aromatic heterocycles. The van der Waals surface area contributed by atoms with Gasteiger partial charge >= 0.3 is 0 Å². The number of pyridine rings is 1. The van der Waals surface area contributed by atoms with Gasteiger partial charge in [0.1, 0.15) is 0 Å². The summed E-state index contributed by atoms with van der Waals surface area (Å²) in [4.78, 5) is 19.5. The van der Waals surface area contributed by atoms with Crippen molar-refractivity contribution in [2.45, 2.75) is 37.9 Å². The Labute approximate surface area is 196 Å². The van der Waals surface area contributed by atoms with Gasteiger partial charge in [0.25, 0.3) is 0 Å². The van der Waals surface area contributed by atoms with Crippen LogP contribution in [0.4, 0.5) is 11.4 Å². The molecule has 1 aromatic carbocycles. The minimum atomic E-state index is -0.0962. The van der Waals surface area contributed by atoms with Crippen LogP contribution in [-0.4, -0.2) is 44.5 Å². The van der Waals surface area contributed by atoms with E-state index in [1.54, 1.807) is 6.26 Å². The van der Waals surface area contributed by atoms with E-state index in [-0.39, 0.29) is 11.7 Å². The number of carbonyl (C=O) groups excluding carboxylic acids is 1. The molecule has 1 saturated heterocycles. The number of piperidine rings is 1. The van der Waals surface area contributed by atoms with E-state index in [0.717, 1.165) is 29.5 Å². The lowest BCUT2D eigenvalue weighted by molar-refractivity contribution is -0.113. The molecule has 0 radical (unpaired) electrons. The first-order chi connectivity index (χ1) is 16.2. The number of nitrogens with zero attached hydrogens (tertiary/aromatic N) is 5. The van der Waals surface area contributed by atoms with E-state index in [2.05, 4.69) is 31.5 Å². The molecule has 0 spiro atoms. The highest BCUT2D eigenvalue weighted by Crippen LogP contribution is 2.33. The molecule has 1 fully saturated rings. The van der Waals surface area contributed by atoms with Gasteiger partial charge in [-0.15, -0.1) is 10.2 Å². The number of rotatable bonds is 7. The molecule has 9 heteroatoms. The maximum absolute atomic E-state index is 12.8. The monoisotopic (exact) mass is 462 g/mol. The van der Waals surface area contributed by atoms with Crippen LogP contribution in [-0.2, 0) is 11.3 Å². The molecule has 5 rings (SSSR count). The van der Waals surface area contributed by atoms with E-state index in [1.807, 2.05) is 48.1 Å². The summed E-state index contributed by atoms with van der Waals surface area (Å²) >= 11 is 1.36. The third kappa shape index (κ3) is 4.45. The zero-order chi connectivity index (χ0) is 22.6. The summed E-state index contributed by atoms with van der Waals surface area (Å²) in [5.41, 5.74) is 1.98. The summed E-state index contributed by atoms with van der Waals surface area (Å²) in [5, 5.41) is 14.3. The molecule has 33 heavy (non-hydrogen) atoms. The maximum atomic E-state index is 12.8. The van der Waals surface area contributed by atoms with Crippen LogP contribution >= 0.6 is 11.8 Å². The molecule has 1 N–H and O–H groups in total. The van der Waals surface area contributed by atoms with E-state index in [0.29, 0.717) is 23.3 Å². The van der Waals surface area contributed by atoms with Crippen LogP contribution in [0.2, 0.25) is 0 Å². The topological polar surface area (TPSA) is 89.1 Å². The van der Waals surface area contributed by atoms with E-state index in [1.165, 1.54) is 36.7 Å². The molecule has 1 amide bonds. The Balaban J connectivity index is 1.31. The number of aromatic nitrogens is 4. The van der Waals surface area contributed by atoms with Crippen LogP contribution in [0, 0.1) is 0 Å². The number of carbonyl (C=O) groups is 1. The summed E-state index contributed by atoms with van der Waals surface area (Å²) in [6.07, 6.45) is 8.97. The molecule has 0 bridgehead atoms. The number of hydrogen-bond donors (Lipinski definition) is 1. The van der Waals surface area contributed by atoms with Gasteiger partial charge in [-0.1, -0.05) is 11.8 Å². The Morgan fingerprint density at radius 1 is 1.12 bits per heavy atom. The van der Waals surface area contributed by atoms with Gasteiger partial charge in [-0.05, 0) is 56.5 Å². The maximum Gasteiger partial charge on any atom is 0.234 e. The first kappa shape index (κ1) is 21.5. The molecule has 4 heterocycles. The largest absolute Gasteiger partial charge is 0.461 e. The van der Waals surface area contributed by atoms with Crippen molar-refractivity contribution < 1.29 is 9.21 Å². The SMILES string of the molecule is CCn1c(SCC(=O)Nc2ccc(N3CCCCC3)c3ccncc23)nnc1-c1ccco1. The normalized spacial score (nSPS) is 14.0. The van der Waals surface area contributed by atoms with Crippen molar-refractivity contribution in [1.29, 1.82) is 0 Å². The quantitative estimate of drug-likeness (QED) is 0.394. The fourth-order valence-corrected chi connectivity index (χ4v) is 5.08. The number of furan rings is 1. The predicted octanol–water partition coefficient (Wildman–Crippen LogP) is 4.83. The highest BCUT2D eigenvalue weighted by atomic mass is 32.2. The van der Waals surface area contributed by atoms with Crippen LogP contribution in [0.25, 0.3) is 22.4 Å². The zero-order valence-electron chi connectivity index (χ0n) is 18.5. The van der Waals surface area contributed by atoms with E-state index in [9.17, 15) is 4.79 Å². The van der Waals surface area contributed by atoms with E-state index < -0.39 is 0 Å². The summed E-state index contributed by atoms with van der Waals surface area (Å²) in [6, 6.07) is 9.80. The fraction of sp³-hybridized carbons (Fsp3) is 0.333. The molecule has 170 valence electrons. The van der Waals surface area contributed by atoms with Gasteiger partial charge in [-0.3, -0.25) is 14.3 Å². The van der Waals surface area contributed by atoms with Crippen LogP contribution in [0.1, 0.15) is 26.2 Å². The highest BCUT2D eigenvalue weighted by molar-refractivity contribution is 7.99. The lowest BCUT2D eigenvalue weighted by atomic mass is 10.1. The molecule has 1 aliphatic rings. The van der Waals surface area contributed by atoms with Crippen LogP contribution in [0.3, 0.4) is 0 Å². The lowest BCUT2D eigenvalue weighted by Gasteiger charge is -2.30. The Morgan fingerprint density at radius 2 is 2.00 bits per heavy atom. The third-order valence-corrected chi connectivity index (χ3v) is 6.84. The Morgan fingerprint density at radius 3 is 2.79 bits per heavy atom. The summed E-state index contributed by atoms with van der Waals surface area (Å²) in [7, 11) is 0. The second-order valence-electron chi connectivity index (χ2n) is 7.97. The van der Waals surface area contributed by atoms with Gasteiger partial charge in [-0.25, -0.2) is 0 Å². The second-order valence-corrected chi connectivity index (χ2v) is 8.91. The predicted molar refractivity (Wildman–Crippen MR) is 131 cm³/mol. The number of amides is 1. The van der Waals surface area contributed by atoms with Gasteiger partial charge < -0.3 is 14.6 Å². The van der Waals surface area contributed by atoms with E-state index in [4.69, 9.17) is 4.42 Å². The molecular formula is C24H26N6O2S. The van der Waals surface area contributed by atoms with Crippen molar-refractivity contribution in [2.75, 3.05) is 29.1 Å². The Bertz CT molecular complexity index is 1250. The van der Waals surface area contributed by atoms with Crippen LogP contribution in [0.15, 0.2) is 58.6 Å². The third-order valence-electron chi connectivity index (χ3n) is 5.87. The Hall–Kier alpha value is -3.33. The van der Waals surface area contributed by atoms with Crippen LogP contribution in [0.5, 0.6) is 0 Å². The van der Waals surface area contributed by atoms with Gasteiger partial charge in [-0.2, -0.15) is 0 Å². The van der Waals surface area contributed by atoms with Gasteiger partial charge in [0, 0.05) is 48.5 Å². The van der Waals surface area contributed by atoms with Gasteiger partial charge in [0.2, 0.25) is 5.91 Å². The summed E-state index contributed by atoms with van der Waals surface area (Å²) in [5.74, 6) is 1.46. The summed E-state index contributed by atoms with van der Waals surface area (Å²) < 4.78 is 7.40. The number of hydrogen-bond acceptors (Lipinski definition) is 7. The molecule has 0 saturated carbocycles. The lowest BCUT2D eigenvalue weighted by Crippen LogP contribution is -2.29. The molecular weight excluding hydrogens is 436 g/mol. The summed E-state index contributed by atoms with van der Waals surface area (Å²) in [6.45, 7) is 4.83. The molecule has 4 aromatic rings. The first-order valence-corrected chi connectivity index (χ1v) is 12.2. The van der Waals surface area contributed by atoms with Crippen LogP contribution < -0.4 is 10.2 Å². The number of thioether (sulfide) groups is 1. The zero-order valence-corrected chi connectivity index (χ0v) is 19.3.